The van der Waals surface area contributed by atoms with Crippen LogP contribution >= 0.6 is 23.2 Å². The van der Waals surface area contributed by atoms with Crippen molar-refractivity contribution in [3.63, 3.8) is 0 Å². The van der Waals surface area contributed by atoms with Crippen LogP contribution in [-0.2, 0) is 11.4 Å². The monoisotopic (exact) mass is 299 g/mol. The topological polar surface area (TPSA) is 35.1 Å². The van der Waals surface area contributed by atoms with Crippen LogP contribution in [0.4, 0.5) is 5.69 Å². The lowest BCUT2D eigenvalue weighted by atomic mass is 10.2. The Labute approximate surface area is 119 Å². The molecule has 1 atom stereocenters. The first-order valence-corrected chi connectivity index (χ1v) is 7.17. The van der Waals surface area contributed by atoms with Crippen LogP contribution in [0.2, 0.25) is 10.0 Å². The first-order chi connectivity index (χ1) is 8.58. The molecule has 94 valence electrons. The lowest BCUT2D eigenvalue weighted by Crippen LogP contribution is -2.14. The van der Waals surface area contributed by atoms with Gasteiger partial charge in [0, 0.05) is 5.02 Å². The molecule has 0 fully saturated rings. The average Bonchev–Trinajstić information content (AvgIpc) is 2.32. The van der Waals surface area contributed by atoms with Crippen molar-refractivity contribution in [3.8, 4) is 0 Å². The summed E-state index contributed by atoms with van der Waals surface area (Å²) in [6, 6.07) is 12.5. The Kier molecular flexibility index (Phi) is 4.40. The number of rotatable bonds is 3. The van der Waals surface area contributed by atoms with Gasteiger partial charge in [0.2, 0.25) is 0 Å². The Morgan fingerprint density at radius 1 is 1.11 bits per heavy atom. The molecule has 0 aromatic heterocycles. The highest BCUT2D eigenvalue weighted by atomic mass is 35.5. The van der Waals surface area contributed by atoms with Gasteiger partial charge in [-0.15, -0.1) is 0 Å². The zero-order chi connectivity index (χ0) is 13.1. The van der Waals surface area contributed by atoms with E-state index in [9.17, 15) is 4.55 Å². The summed E-state index contributed by atoms with van der Waals surface area (Å²) < 4.78 is 15.1. The summed E-state index contributed by atoms with van der Waals surface area (Å²) in [7, 11) is 0. The molecule has 2 aromatic rings. The van der Waals surface area contributed by atoms with Gasteiger partial charge >= 0.3 is 0 Å². The summed E-state index contributed by atoms with van der Waals surface area (Å²) in [5, 5.41) is 0.915. The van der Waals surface area contributed by atoms with Crippen LogP contribution in [0.25, 0.3) is 0 Å². The number of hydrogen-bond donors (Lipinski definition) is 1. The molecule has 2 aromatic carbocycles. The van der Waals surface area contributed by atoms with E-state index in [0.29, 0.717) is 14.9 Å². The minimum absolute atomic E-state index is 0.391. The molecule has 0 heterocycles. The van der Waals surface area contributed by atoms with Crippen LogP contribution < -0.4 is 4.72 Å². The van der Waals surface area contributed by atoms with E-state index < -0.39 is 11.4 Å². The number of anilines is 1. The maximum absolute atomic E-state index is 12.2. The largest absolute Gasteiger partial charge is 0.588 e. The number of aryl methyl sites for hydroxylation is 1. The zero-order valence-electron chi connectivity index (χ0n) is 9.61. The molecule has 0 aliphatic rings. The van der Waals surface area contributed by atoms with Crippen LogP contribution in [0, 0.1) is 6.92 Å². The Morgan fingerprint density at radius 3 is 2.50 bits per heavy atom. The minimum Gasteiger partial charge on any atom is -0.588 e. The molecule has 0 aliphatic carbocycles. The SMILES string of the molecule is Cc1ccccc1N[S+]([O-])c1ccc(Cl)cc1Cl. The van der Waals surface area contributed by atoms with E-state index in [0.717, 1.165) is 11.3 Å². The fourth-order valence-electron chi connectivity index (χ4n) is 1.47. The van der Waals surface area contributed by atoms with Gasteiger partial charge in [-0.05, 0) is 36.8 Å². The van der Waals surface area contributed by atoms with Crippen molar-refractivity contribution in [3.05, 3.63) is 58.1 Å². The molecule has 18 heavy (non-hydrogen) atoms. The molecule has 0 spiro atoms. The predicted molar refractivity (Wildman–Crippen MR) is 77.7 cm³/mol. The maximum Gasteiger partial charge on any atom is 0.198 e. The average molecular weight is 300 g/mol. The molecule has 0 saturated carbocycles. The van der Waals surface area contributed by atoms with Gasteiger partial charge in [0.1, 0.15) is 11.4 Å². The Morgan fingerprint density at radius 2 is 1.83 bits per heavy atom. The van der Waals surface area contributed by atoms with E-state index in [4.69, 9.17) is 23.2 Å². The molecule has 5 heteroatoms. The third-order valence-corrected chi connectivity index (χ3v) is 4.26. The van der Waals surface area contributed by atoms with Gasteiger partial charge in [-0.2, -0.15) is 0 Å². The number of halogens is 2. The minimum atomic E-state index is -1.41. The highest BCUT2D eigenvalue weighted by molar-refractivity contribution is 7.92. The standard InChI is InChI=1S/C13H11Cl2NOS/c1-9-4-2-3-5-12(9)16-18(17)13-7-6-10(14)8-11(13)15/h2-8,16H,1H3. The van der Waals surface area contributed by atoms with E-state index in [1.807, 2.05) is 31.2 Å². The Balaban J connectivity index is 2.22. The summed E-state index contributed by atoms with van der Waals surface area (Å²) in [4.78, 5) is 0.518. The smallest absolute Gasteiger partial charge is 0.198 e. The van der Waals surface area contributed by atoms with Gasteiger partial charge in [0.05, 0.1) is 10.7 Å². The van der Waals surface area contributed by atoms with Gasteiger partial charge in [-0.25, -0.2) is 4.72 Å². The third kappa shape index (κ3) is 3.12. The van der Waals surface area contributed by atoms with Crippen molar-refractivity contribution in [1.29, 1.82) is 0 Å². The fraction of sp³-hybridized carbons (Fsp3) is 0.0769. The Hall–Kier alpha value is -0.870. The maximum atomic E-state index is 12.2. The summed E-state index contributed by atoms with van der Waals surface area (Å²) in [6.07, 6.45) is 0. The number of nitrogens with one attached hydrogen (secondary N) is 1. The fourth-order valence-corrected chi connectivity index (χ4v) is 3.05. The van der Waals surface area contributed by atoms with Gasteiger partial charge in [-0.3, -0.25) is 0 Å². The quantitative estimate of drug-likeness (QED) is 0.851. The summed E-state index contributed by atoms with van der Waals surface area (Å²) in [6.45, 7) is 1.95. The highest BCUT2D eigenvalue weighted by Crippen LogP contribution is 2.27. The second-order valence-corrected chi connectivity index (χ2v) is 5.79. The van der Waals surface area contributed by atoms with Crippen LogP contribution in [-0.4, -0.2) is 4.55 Å². The molecule has 2 nitrogen and oxygen atoms in total. The molecule has 0 saturated heterocycles. The van der Waals surface area contributed by atoms with Crippen molar-refractivity contribution < 1.29 is 4.55 Å². The molecule has 0 bridgehead atoms. The van der Waals surface area contributed by atoms with Crippen LogP contribution in [0.3, 0.4) is 0 Å². The van der Waals surface area contributed by atoms with Gasteiger partial charge in [0.15, 0.2) is 4.90 Å². The van der Waals surface area contributed by atoms with E-state index in [-0.39, 0.29) is 0 Å². The molecule has 0 radical (unpaired) electrons. The molecule has 2 rings (SSSR count). The van der Waals surface area contributed by atoms with Crippen molar-refractivity contribution in [2.75, 3.05) is 4.72 Å². The van der Waals surface area contributed by atoms with Crippen molar-refractivity contribution in [1.82, 2.24) is 0 Å². The second kappa shape index (κ2) is 5.85. The van der Waals surface area contributed by atoms with Crippen molar-refractivity contribution >= 4 is 40.3 Å². The second-order valence-electron chi connectivity index (χ2n) is 3.76. The van der Waals surface area contributed by atoms with E-state index in [1.165, 1.54) is 0 Å². The van der Waals surface area contributed by atoms with Gasteiger partial charge < -0.3 is 4.55 Å². The first kappa shape index (κ1) is 13.6. The molecular weight excluding hydrogens is 289 g/mol. The van der Waals surface area contributed by atoms with Gasteiger partial charge in [-0.1, -0.05) is 41.4 Å². The lowest BCUT2D eigenvalue weighted by Gasteiger charge is -2.14. The number of hydrogen-bond acceptors (Lipinski definition) is 2. The summed E-state index contributed by atoms with van der Waals surface area (Å²) >= 11 is 10.4. The van der Waals surface area contributed by atoms with Crippen LogP contribution in [0.1, 0.15) is 5.56 Å². The highest BCUT2D eigenvalue weighted by Gasteiger charge is 2.17. The summed E-state index contributed by atoms with van der Waals surface area (Å²) in [5.74, 6) is 0. The summed E-state index contributed by atoms with van der Waals surface area (Å²) in [5.41, 5.74) is 1.85. The van der Waals surface area contributed by atoms with Crippen LogP contribution in [0.15, 0.2) is 47.4 Å². The Bertz CT molecular complexity index is 562. The normalized spacial score (nSPS) is 12.2. The first-order valence-electron chi connectivity index (χ1n) is 5.27. The molecule has 0 amide bonds. The molecule has 1 N–H and O–H groups in total. The molecule has 1 unspecified atom stereocenters. The van der Waals surface area contributed by atoms with E-state index in [2.05, 4.69) is 4.72 Å². The predicted octanol–water partition coefficient (Wildman–Crippen LogP) is 4.44. The number of para-hydroxylation sites is 1. The lowest BCUT2D eigenvalue weighted by molar-refractivity contribution is 0.600. The zero-order valence-corrected chi connectivity index (χ0v) is 11.9. The van der Waals surface area contributed by atoms with Crippen molar-refractivity contribution in [2.45, 2.75) is 11.8 Å². The van der Waals surface area contributed by atoms with E-state index >= 15 is 0 Å². The van der Waals surface area contributed by atoms with Crippen molar-refractivity contribution in [2.24, 2.45) is 0 Å². The molecule has 0 aliphatic heterocycles. The third-order valence-electron chi connectivity index (χ3n) is 2.44. The van der Waals surface area contributed by atoms with Crippen LogP contribution in [0.5, 0.6) is 0 Å². The van der Waals surface area contributed by atoms with E-state index in [1.54, 1.807) is 18.2 Å². The molecular formula is C13H11Cl2NOS. The van der Waals surface area contributed by atoms with Gasteiger partial charge in [0.25, 0.3) is 0 Å². The number of benzene rings is 2.